The molecule has 0 bridgehead atoms. The molecule has 1 heteroatoms. The van der Waals surface area contributed by atoms with Crippen LogP contribution in [0.3, 0.4) is 0 Å². The van der Waals surface area contributed by atoms with Gasteiger partial charge in [-0.25, -0.2) is 0 Å². The number of rotatable bonds is 1. The van der Waals surface area contributed by atoms with Crippen molar-refractivity contribution in [1.82, 2.24) is 0 Å². The molecule has 0 radical (unpaired) electrons. The van der Waals surface area contributed by atoms with Gasteiger partial charge in [0.2, 0.25) is 0 Å². The van der Waals surface area contributed by atoms with E-state index < -0.39 is 0 Å². The highest BCUT2D eigenvalue weighted by Crippen LogP contribution is 2.32. The zero-order valence-electron chi connectivity index (χ0n) is 7.99. The van der Waals surface area contributed by atoms with Crippen LogP contribution in [0.15, 0.2) is 35.9 Å². The van der Waals surface area contributed by atoms with Crippen LogP contribution in [0.5, 0.6) is 0 Å². The summed E-state index contributed by atoms with van der Waals surface area (Å²) in [4.78, 5) is 1.42. The van der Waals surface area contributed by atoms with Crippen molar-refractivity contribution in [3.05, 3.63) is 40.8 Å². The van der Waals surface area contributed by atoms with E-state index in [1.54, 1.807) is 5.57 Å². The highest BCUT2D eigenvalue weighted by atomic mass is 32.1. The van der Waals surface area contributed by atoms with Gasteiger partial charge in [0.15, 0.2) is 0 Å². The van der Waals surface area contributed by atoms with Crippen molar-refractivity contribution < 1.29 is 0 Å². The van der Waals surface area contributed by atoms with E-state index in [1.165, 1.54) is 34.2 Å². The fourth-order valence-electron chi connectivity index (χ4n) is 1.80. The van der Waals surface area contributed by atoms with Crippen LogP contribution in [0, 0.1) is 0 Å². The molecule has 2 aromatic rings. The summed E-state index contributed by atoms with van der Waals surface area (Å²) < 4.78 is 1.40. The number of benzene rings is 1. The molecule has 0 N–H and O–H groups in total. The predicted octanol–water partition coefficient (Wildman–Crippen LogP) is 4.47. The summed E-state index contributed by atoms with van der Waals surface area (Å²) in [5, 5.41) is 1.38. The molecule has 0 saturated heterocycles. The maximum Gasteiger partial charge on any atom is 0.0349 e. The summed E-state index contributed by atoms with van der Waals surface area (Å²) in [7, 11) is 0. The van der Waals surface area contributed by atoms with Crippen LogP contribution in [-0.4, -0.2) is 0 Å². The van der Waals surface area contributed by atoms with Gasteiger partial charge >= 0.3 is 0 Å². The molecule has 1 fully saturated rings. The average Bonchev–Trinajstić information content (AvgIpc) is 2.53. The van der Waals surface area contributed by atoms with Gasteiger partial charge in [0.1, 0.15) is 0 Å². The maximum absolute atomic E-state index is 2.37. The van der Waals surface area contributed by atoms with Gasteiger partial charge < -0.3 is 0 Å². The second-order valence-electron chi connectivity index (χ2n) is 3.84. The zero-order chi connectivity index (χ0) is 9.38. The summed E-state index contributed by atoms with van der Waals surface area (Å²) in [6, 6.07) is 10.9. The van der Waals surface area contributed by atoms with Crippen molar-refractivity contribution in [2.45, 2.75) is 19.3 Å². The molecule has 0 unspecified atom stereocenters. The first kappa shape index (κ1) is 8.25. The van der Waals surface area contributed by atoms with E-state index in [2.05, 4.69) is 36.4 Å². The monoisotopic (exact) mass is 200 g/mol. The third kappa shape index (κ3) is 1.38. The quantitative estimate of drug-likeness (QED) is 0.637. The topological polar surface area (TPSA) is 0 Å². The molecule has 1 saturated carbocycles. The molecule has 1 aliphatic rings. The van der Waals surface area contributed by atoms with Gasteiger partial charge in [0, 0.05) is 9.58 Å². The van der Waals surface area contributed by atoms with Crippen LogP contribution in [0.1, 0.15) is 24.1 Å². The van der Waals surface area contributed by atoms with Crippen LogP contribution in [0.4, 0.5) is 0 Å². The molecule has 1 aromatic carbocycles. The minimum atomic E-state index is 1.31. The van der Waals surface area contributed by atoms with Gasteiger partial charge in [0.25, 0.3) is 0 Å². The van der Waals surface area contributed by atoms with E-state index in [0.29, 0.717) is 0 Å². The van der Waals surface area contributed by atoms with Crippen molar-refractivity contribution in [2.24, 2.45) is 0 Å². The number of hydrogen-bond donors (Lipinski definition) is 0. The van der Waals surface area contributed by atoms with Crippen LogP contribution in [0.2, 0.25) is 0 Å². The van der Waals surface area contributed by atoms with Gasteiger partial charge in [-0.05, 0) is 42.9 Å². The Labute approximate surface area is 87.9 Å². The van der Waals surface area contributed by atoms with E-state index in [9.17, 15) is 0 Å². The standard InChI is InChI=1S/C13H12S/c1-2-7-13-11(6-1)9-12(14-13)8-10-4-3-5-10/h1-2,6-9H,3-5H2. The Bertz CT molecular complexity index is 452. The van der Waals surface area contributed by atoms with E-state index in [1.807, 2.05) is 11.3 Å². The lowest BCUT2D eigenvalue weighted by Gasteiger charge is -2.14. The zero-order valence-corrected chi connectivity index (χ0v) is 8.81. The summed E-state index contributed by atoms with van der Waals surface area (Å²) in [5.74, 6) is 0. The lowest BCUT2D eigenvalue weighted by molar-refractivity contribution is 0.670. The first-order chi connectivity index (χ1) is 6.92. The first-order valence-electron chi connectivity index (χ1n) is 5.10. The van der Waals surface area contributed by atoms with Crippen molar-refractivity contribution in [2.75, 3.05) is 0 Å². The fraction of sp³-hybridized carbons (Fsp3) is 0.231. The van der Waals surface area contributed by atoms with Crippen molar-refractivity contribution >= 4 is 27.5 Å². The molecule has 1 heterocycles. The normalized spacial score (nSPS) is 15.6. The van der Waals surface area contributed by atoms with Crippen molar-refractivity contribution in [3.8, 4) is 0 Å². The predicted molar refractivity (Wildman–Crippen MR) is 63.7 cm³/mol. The lowest BCUT2D eigenvalue weighted by Crippen LogP contribution is -1.94. The Morgan fingerprint density at radius 2 is 2.00 bits per heavy atom. The third-order valence-electron chi connectivity index (χ3n) is 2.79. The summed E-state index contributed by atoms with van der Waals surface area (Å²) in [5.41, 5.74) is 1.62. The number of fused-ring (bicyclic) bond motifs is 1. The minimum absolute atomic E-state index is 1.31. The molecule has 0 atom stereocenters. The largest absolute Gasteiger partial charge is 0.136 e. The molecule has 0 aliphatic heterocycles. The van der Waals surface area contributed by atoms with Gasteiger partial charge in [-0.3, -0.25) is 0 Å². The van der Waals surface area contributed by atoms with E-state index in [0.717, 1.165) is 0 Å². The second kappa shape index (κ2) is 3.25. The number of thiophene rings is 1. The fourth-order valence-corrected chi connectivity index (χ4v) is 2.86. The highest BCUT2D eigenvalue weighted by Gasteiger charge is 2.08. The van der Waals surface area contributed by atoms with Crippen LogP contribution < -0.4 is 0 Å². The first-order valence-corrected chi connectivity index (χ1v) is 5.91. The Morgan fingerprint density at radius 3 is 2.71 bits per heavy atom. The highest BCUT2D eigenvalue weighted by molar-refractivity contribution is 7.19. The SMILES string of the molecule is C(=C1CCC1)c1cc2ccccc2s1. The van der Waals surface area contributed by atoms with Gasteiger partial charge in [-0.1, -0.05) is 23.8 Å². The van der Waals surface area contributed by atoms with Crippen LogP contribution in [0.25, 0.3) is 16.2 Å². The molecule has 70 valence electrons. The molecular weight excluding hydrogens is 188 g/mol. The average molecular weight is 200 g/mol. The maximum atomic E-state index is 2.37. The van der Waals surface area contributed by atoms with E-state index in [-0.39, 0.29) is 0 Å². The van der Waals surface area contributed by atoms with Crippen molar-refractivity contribution in [1.29, 1.82) is 0 Å². The third-order valence-corrected chi connectivity index (χ3v) is 3.85. The van der Waals surface area contributed by atoms with Crippen LogP contribution in [-0.2, 0) is 0 Å². The van der Waals surface area contributed by atoms with Gasteiger partial charge in [-0.2, -0.15) is 0 Å². The van der Waals surface area contributed by atoms with Gasteiger partial charge in [0.05, 0.1) is 0 Å². The Morgan fingerprint density at radius 1 is 1.14 bits per heavy atom. The smallest absolute Gasteiger partial charge is 0.0349 e. The minimum Gasteiger partial charge on any atom is -0.136 e. The van der Waals surface area contributed by atoms with E-state index in [4.69, 9.17) is 0 Å². The lowest BCUT2D eigenvalue weighted by atomic mass is 9.92. The van der Waals surface area contributed by atoms with Gasteiger partial charge in [-0.15, -0.1) is 11.3 Å². The van der Waals surface area contributed by atoms with Crippen molar-refractivity contribution in [3.63, 3.8) is 0 Å². The number of hydrogen-bond acceptors (Lipinski definition) is 1. The molecule has 1 aromatic heterocycles. The molecule has 3 rings (SSSR count). The molecular formula is C13H12S. The molecule has 0 nitrogen and oxygen atoms in total. The van der Waals surface area contributed by atoms with Crippen LogP contribution >= 0.6 is 11.3 Å². The summed E-state index contributed by atoms with van der Waals surface area (Å²) >= 11 is 1.90. The Balaban J connectivity index is 2.05. The van der Waals surface area contributed by atoms with E-state index >= 15 is 0 Å². The Kier molecular flexibility index (Phi) is 1.91. The molecule has 0 amide bonds. The number of allylic oxidation sites excluding steroid dienone is 1. The molecule has 14 heavy (non-hydrogen) atoms. The summed E-state index contributed by atoms with van der Waals surface area (Å²) in [6.07, 6.45) is 6.38. The molecule has 0 spiro atoms. The molecule has 1 aliphatic carbocycles. The second-order valence-corrected chi connectivity index (χ2v) is 4.96. The Hall–Kier alpha value is -1.08. The summed E-state index contributed by atoms with van der Waals surface area (Å²) in [6.45, 7) is 0.